The second-order valence-electron chi connectivity index (χ2n) is 1.93. The fraction of sp³-hybridized carbons (Fsp3) is 0.500. The molecule has 0 aliphatic rings. The molecular formula is C8H12OS. The van der Waals surface area contributed by atoms with Crippen LogP contribution in [0.5, 0.6) is 0 Å². The predicted octanol–water partition coefficient (Wildman–Crippen LogP) is 1.64. The van der Waals surface area contributed by atoms with Crippen LogP contribution in [-0.4, -0.2) is 17.5 Å². The number of hydrogen-bond acceptors (Lipinski definition) is 2. The lowest BCUT2D eigenvalue weighted by Crippen LogP contribution is -1.82. The van der Waals surface area contributed by atoms with Gasteiger partial charge in [-0.2, -0.15) is 0 Å². The Morgan fingerprint density at radius 1 is 1.70 bits per heavy atom. The molecule has 0 amide bonds. The van der Waals surface area contributed by atoms with Crippen LogP contribution in [-0.2, 0) is 0 Å². The molecule has 1 nitrogen and oxygen atoms in total. The summed E-state index contributed by atoms with van der Waals surface area (Å²) in [5, 5.41) is 11.3. The first-order chi connectivity index (χ1) is 4.77. The zero-order chi connectivity index (χ0) is 7.82. The number of aliphatic hydroxyl groups is 1. The molecular weight excluding hydrogens is 144 g/mol. The van der Waals surface area contributed by atoms with Crippen molar-refractivity contribution < 1.29 is 5.11 Å². The van der Waals surface area contributed by atoms with E-state index in [1.165, 1.54) is 11.8 Å². The predicted molar refractivity (Wildman–Crippen MR) is 46.8 cm³/mol. The van der Waals surface area contributed by atoms with Crippen LogP contribution >= 0.6 is 11.8 Å². The topological polar surface area (TPSA) is 20.2 Å². The van der Waals surface area contributed by atoms with E-state index in [0.29, 0.717) is 0 Å². The van der Waals surface area contributed by atoms with E-state index in [9.17, 15) is 0 Å². The van der Waals surface area contributed by atoms with Crippen LogP contribution in [0.2, 0.25) is 0 Å². The number of rotatable bonds is 3. The lowest BCUT2D eigenvalue weighted by atomic mass is 10.4. The largest absolute Gasteiger partial charge is 0.396 e. The van der Waals surface area contributed by atoms with E-state index in [4.69, 9.17) is 5.11 Å². The maximum atomic E-state index is 8.40. The van der Waals surface area contributed by atoms with Crippen LogP contribution in [0.1, 0.15) is 13.3 Å². The van der Waals surface area contributed by atoms with E-state index in [0.717, 1.165) is 17.7 Å². The Bertz CT molecular complexity index is 152. The molecule has 0 radical (unpaired) electrons. The van der Waals surface area contributed by atoms with Gasteiger partial charge in [-0.25, -0.2) is 0 Å². The van der Waals surface area contributed by atoms with Crippen molar-refractivity contribution >= 4 is 11.8 Å². The van der Waals surface area contributed by atoms with Crippen molar-refractivity contribution in [3.8, 4) is 11.2 Å². The minimum absolute atomic E-state index is 0.252. The van der Waals surface area contributed by atoms with Crippen molar-refractivity contribution in [1.82, 2.24) is 0 Å². The van der Waals surface area contributed by atoms with Crippen LogP contribution < -0.4 is 0 Å². The van der Waals surface area contributed by atoms with Crippen molar-refractivity contribution in [3.63, 3.8) is 0 Å². The van der Waals surface area contributed by atoms with Crippen molar-refractivity contribution in [2.75, 3.05) is 12.4 Å². The Morgan fingerprint density at radius 3 is 2.90 bits per heavy atom. The molecule has 0 aromatic rings. The first-order valence-corrected chi connectivity index (χ1v) is 4.15. The van der Waals surface area contributed by atoms with Gasteiger partial charge in [0, 0.05) is 12.4 Å². The fourth-order valence-corrected chi connectivity index (χ4v) is 0.933. The standard InChI is InChI=1S/C8H12OS/c1-8(2)4-7-10-6-3-5-9/h9H,1,3,5-6H2,2H3. The van der Waals surface area contributed by atoms with E-state index in [-0.39, 0.29) is 6.61 Å². The van der Waals surface area contributed by atoms with Crippen molar-refractivity contribution in [3.05, 3.63) is 12.2 Å². The summed E-state index contributed by atoms with van der Waals surface area (Å²) in [4.78, 5) is 0. The minimum atomic E-state index is 0.252. The molecule has 0 aliphatic carbocycles. The number of thioether (sulfide) groups is 1. The van der Waals surface area contributed by atoms with Gasteiger partial charge in [0.2, 0.25) is 0 Å². The quantitative estimate of drug-likeness (QED) is 0.495. The van der Waals surface area contributed by atoms with Gasteiger partial charge in [-0.3, -0.25) is 0 Å². The molecule has 10 heavy (non-hydrogen) atoms. The zero-order valence-electron chi connectivity index (χ0n) is 6.18. The van der Waals surface area contributed by atoms with Gasteiger partial charge >= 0.3 is 0 Å². The van der Waals surface area contributed by atoms with Gasteiger partial charge in [-0.15, -0.1) is 0 Å². The highest BCUT2D eigenvalue weighted by Gasteiger charge is 1.81. The van der Waals surface area contributed by atoms with Gasteiger partial charge in [0.15, 0.2) is 0 Å². The highest BCUT2D eigenvalue weighted by molar-refractivity contribution is 8.03. The van der Waals surface area contributed by atoms with Crippen LogP contribution in [0.3, 0.4) is 0 Å². The molecule has 2 heteroatoms. The average molecular weight is 156 g/mol. The van der Waals surface area contributed by atoms with E-state index in [1.807, 2.05) is 6.92 Å². The number of allylic oxidation sites excluding steroid dienone is 1. The molecule has 0 unspecified atom stereocenters. The molecule has 0 atom stereocenters. The molecule has 0 bridgehead atoms. The van der Waals surface area contributed by atoms with Crippen molar-refractivity contribution in [1.29, 1.82) is 0 Å². The summed E-state index contributed by atoms with van der Waals surface area (Å²) in [5.41, 5.74) is 0.886. The van der Waals surface area contributed by atoms with E-state index >= 15 is 0 Å². The Balaban J connectivity index is 3.20. The van der Waals surface area contributed by atoms with E-state index < -0.39 is 0 Å². The smallest absolute Gasteiger partial charge is 0.0439 e. The first kappa shape index (κ1) is 9.61. The molecule has 0 saturated heterocycles. The molecule has 0 heterocycles. The lowest BCUT2D eigenvalue weighted by Gasteiger charge is -1.87. The van der Waals surface area contributed by atoms with Gasteiger partial charge in [0.05, 0.1) is 0 Å². The van der Waals surface area contributed by atoms with Gasteiger partial charge in [-0.1, -0.05) is 24.3 Å². The van der Waals surface area contributed by atoms with Crippen LogP contribution in [0, 0.1) is 11.2 Å². The molecule has 0 saturated carbocycles. The van der Waals surface area contributed by atoms with Gasteiger partial charge in [0.1, 0.15) is 0 Å². The molecule has 0 rings (SSSR count). The second kappa shape index (κ2) is 6.73. The monoisotopic (exact) mass is 156 g/mol. The first-order valence-electron chi connectivity index (χ1n) is 3.16. The molecule has 0 fully saturated rings. The lowest BCUT2D eigenvalue weighted by molar-refractivity contribution is 0.296. The summed E-state index contributed by atoms with van der Waals surface area (Å²) < 4.78 is 0. The summed E-state index contributed by atoms with van der Waals surface area (Å²) in [6.07, 6.45) is 0.815. The summed E-state index contributed by atoms with van der Waals surface area (Å²) in [6, 6.07) is 0. The molecule has 0 aromatic carbocycles. The molecule has 56 valence electrons. The van der Waals surface area contributed by atoms with Gasteiger partial charge in [0.25, 0.3) is 0 Å². The minimum Gasteiger partial charge on any atom is -0.396 e. The third kappa shape index (κ3) is 7.61. The van der Waals surface area contributed by atoms with Crippen LogP contribution in [0.4, 0.5) is 0 Å². The Kier molecular flexibility index (Phi) is 6.46. The maximum absolute atomic E-state index is 8.40. The summed E-state index contributed by atoms with van der Waals surface area (Å²) >= 11 is 1.52. The zero-order valence-corrected chi connectivity index (χ0v) is 7.00. The highest BCUT2D eigenvalue weighted by atomic mass is 32.2. The van der Waals surface area contributed by atoms with Crippen molar-refractivity contribution in [2.24, 2.45) is 0 Å². The average Bonchev–Trinajstić information content (AvgIpc) is 1.87. The third-order valence-electron chi connectivity index (χ3n) is 0.741. The Morgan fingerprint density at radius 2 is 2.40 bits per heavy atom. The van der Waals surface area contributed by atoms with Gasteiger partial charge in [-0.05, 0) is 24.2 Å². The number of aliphatic hydroxyl groups excluding tert-OH is 1. The van der Waals surface area contributed by atoms with Gasteiger partial charge < -0.3 is 5.11 Å². The highest BCUT2D eigenvalue weighted by Crippen LogP contribution is 1.98. The van der Waals surface area contributed by atoms with Crippen LogP contribution in [0.15, 0.2) is 12.2 Å². The normalized spacial score (nSPS) is 8.20. The Labute approximate surface area is 66.5 Å². The van der Waals surface area contributed by atoms with Crippen LogP contribution in [0.25, 0.3) is 0 Å². The molecule has 0 aromatic heterocycles. The van der Waals surface area contributed by atoms with Crippen molar-refractivity contribution in [2.45, 2.75) is 13.3 Å². The van der Waals surface area contributed by atoms with E-state index in [2.05, 4.69) is 17.8 Å². The summed E-state index contributed by atoms with van der Waals surface area (Å²) in [7, 11) is 0. The summed E-state index contributed by atoms with van der Waals surface area (Å²) in [5.74, 6) is 3.74. The third-order valence-corrected chi connectivity index (χ3v) is 1.48. The Hall–Kier alpha value is -0.390. The SMILES string of the molecule is C=C(C)C#CSCCCO. The molecule has 0 spiro atoms. The second-order valence-corrected chi connectivity index (χ2v) is 2.83. The molecule has 1 N–H and O–H groups in total. The van der Waals surface area contributed by atoms with E-state index in [1.54, 1.807) is 0 Å². The molecule has 0 aliphatic heterocycles. The fourth-order valence-electron chi connectivity index (χ4n) is 0.311. The number of hydrogen-bond donors (Lipinski definition) is 1. The summed E-state index contributed by atoms with van der Waals surface area (Å²) in [6.45, 7) is 5.76. The maximum Gasteiger partial charge on any atom is 0.0439 e.